The summed E-state index contributed by atoms with van der Waals surface area (Å²) in [6.45, 7) is 3.47. The van der Waals surface area contributed by atoms with Gasteiger partial charge in [-0.05, 0) is 55.8 Å². The van der Waals surface area contributed by atoms with E-state index in [1.807, 2.05) is 6.07 Å². The molecule has 2 aromatic carbocycles. The number of nitrogens with zero attached hydrogens (tertiary/aromatic N) is 1. The molecule has 25 heavy (non-hydrogen) atoms. The Bertz CT molecular complexity index is 818. The van der Waals surface area contributed by atoms with Crippen molar-refractivity contribution in [3.05, 3.63) is 63.4 Å². The van der Waals surface area contributed by atoms with Crippen LogP contribution in [0.25, 0.3) is 0 Å². The van der Waals surface area contributed by atoms with E-state index in [1.165, 1.54) is 12.1 Å². The number of carbonyl (C=O) groups excluding carboxylic acids is 1. The number of carbonyl (C=O) groups is 1. The van der Waals surface area contributed by atoms with Crippen LogP contribution in [0.5, 0.6) is 0 Å². The fraction of sp³-hybridized carbons (Fsp3) is 0.222. The minimum absolute atomic E-state index is 0.0486. The number of halogens is 3. The maximum absolute atomic E-state index is 13.6. The van der Waals surface area contributed by atoms with Gasteiger partial charge in [0.05, 0.1) is 22.7 Å². The van der Waals surface area contributed by atoms with E-state index in [0.29, 0.717) is 21.8 Å². The zero-order valence-electron chi connectivity index (χ0n) is 13.6. The van der Waals surface area contributed by atoms with Gasteiger partial charge in [0.15, 0.2) is 0 Å². The van der Waals surface area contributed by atoms with Crippen molar-refractivity contribution in [1.29, 1.82) is 5.26 Å². The lowest BCUT2D eigenvalue weighted by atomic mass is 10.1. The van der Waals surface area contributed by atoms with Crippen LogP contribution in [0.4, 0.5) is 10.1 Å². The van der Waals surface area contributed by atoms with Crippen molar-refractivity contribution in [2.24, 2.45) is 0 Å². The van der Waals surface area contributed by atoms with Gasteiger partial charge >= 0.3 is 0 Å². The Morgan fingerprint density at radius 1 is 1.16 bits per heavy atom. The molecule has 0 unspecified atom stereocenters. The van der Waals surface area contributed by atoms with Gasteiger partial charge in [-0.1, -0.05) is 23.2 Å². The molecule has 0 aliphatic heterocycles. The van der Waals surface area contributed by atoms with Gasteiger partial charge in [-0.2, -0.15) is 5.26 Å². The van der Waals surface area contributed by atoms with Crippen molar-refractivity contribution in [3.8, 4) is 6.07 Å². The zero-order chi connectivity index (χ0) is 18.6. The number of nitriles is 1. The van der Waals surface area contributed by atoms with E-state index in [1.54, 1.807) is 38.1 Å². The van der Waals surface area contributed by atoms with Crippen molar-refractivity contribution in [1.82, 2.24) is 5.32 Å². The first-order valence-electron chi connectivity index (χ1n) is 7.53. The maximum Gasteiger partial charge on any atom is 0.241 e. The topological polar surface area (TPSA) is 64.9 Å². The smallest absolute Gasteiger partial charge is 0.241 e. The molecule has 0 spiro atoms. The highest BCUT2D eigenvalue weighted by molar-refractivity contribution is 6.35. The highest BCUT2D eigenvalue weighted by atomic mass is 35.5. The summed E-state index contributed by atoms with van der Waals surface area (Å²) >= 11 is 11.8. The molecule has 0 fully saturated rings. The van der Waals surface area contributed by atoms with Gasteiger partial charge in [-0.15, -0.1) is 0 Å². The third-order valence-corrected chi connectivity index (χ3v) is 4.30. The number of amides is 1. The number of anilines is 1. The molecular formula is C18H16Cl2FN3O. The van der Waals surface area contributed by atoms with Crippen LogP contribution in [-0.4, -0.2) is 11.9 Å². The van der Waals surface area contributed by atoms with Crippen LogP contribution in [0.15, 0.2) is 36.4 Å². The van der Waals surface area contributed by atoms with E-state index < -0.39 is 11.9 Å². The summed E-state index contributed by atoms with van der Waals surface area (Å²) in [6.07, 6.45) is 0. The molecule has 2 rings (SSSR count). The van der Waals surface area contributed by atoms with Crippen LogP contribution in [-0.2, 0) is 4.79 Å². The average Bonchev–Trinajstić information content (AvgIpc) is 2.58. The molecule has 0 radical (unpaired) electrons. The highest BCUT2D eigenvalue weighted by Gasteiger charge is 2.19. The molecule has 7 heteroatoms. The highest BCUT2D eigenvalue weighted by Crippen LogP contribution is 2.28. The minimum atomic E-state index is -0.565. The monoisotopic (exact) mass is 379 g/mol. The molecular weight excluding hydrogens is 364 g/mol. The van der Waals surface area contributed by atoms with Crippen LogP contribution in [0.2, 0.25) is 10.0 Å². The molecule has 0 aliphatic rings. The summed E-state index contributed by atoms with van der Waals surface area (Å²) in [5.41, 5.74) is 1.61. The standard InChI is InChI=1S/C18H16Cl2FN3O/c1-10(14-7-17(21)16(20)8-15(14)19)23-11(2)18(25)24-13-5-3-12(9-22)4-6-13/h3-8,10-11,23H,1-2H3,(H,24,25)/t10-,11-/m1/s1. The molecule has 0 saturated carbocycles. The lowest BCUT2D eigenvalue weighted by Gasteiger charge is -2.21. The number of nitrogens with one attached hydrogen (secondary N) is 2. The zero-order valence-corrected chi connectivity index (χ0v) is 15.1. The molecule has 2 aromatic rings. The van der Waals surface area contributed by atoms with Gasteiger partial charge in [0.1, 0.15) is 5.82 Å². The summed E-state index contributed by atoms with van der Waals surface area (Å²) in [6, 6.07) is 10.2. The molecule has 0 heterocycles. The van der Waals surface area contributed by atoms with Gasteiger partial charge in [-0.3, -0.25) is 10.1 Å². The van der Waals surface area contributed by atoms with E-state index in [0.717, 1.165) is 0 Å². The first kappa shape index (κ1) is 19.2. The predicted octanol–water partition coefficient (Wildman–Crippen LogP) is 4.68. The number of hydrogen-bond acceptors (Lipinski definition) is 3. The van der Waals surface area contributed by atoms with E-state index in [-0.39, 0.29) is 17.0 Å². The number of rotatable bonds is 5. The second-order valence-electron chi connectivity index (χ2n) is 5.58. The van der Waals surface area contributed by atoms with Crippen LogP contribution in [0, 0.1) is 17.1 Å². The van der Waals surface area contributed by atoms with Crippen molar-refractivity contribution >= 4 is 34.8 Å². The largest absolute Gasteiger partial charge is 0.325 e. The predicted molar refractivity (Wildman–Crippen MR) is 97.2 cm³/mol. The third kappa shape index (κ3) is 4.93. The van der Waals surface area contributed by atoms with E-state index >= 15 is 0 Å². The van der Waals surface area contributed by atoms with Crippen molar-refractivity contribution in [2.45, 2.75) is 25.9 Å². The quantitative estimate of drug-likeness (QED) is 0.741. The van der Waals surface area contributed by atoms with Crippen molar-refractivity contribution < 1.29 is 9.18 Å². The summed E-state index contributed by atoms with van der Waals surface area (Å²) < 4.78 is 13.6. The Morgan fingerprint density at radius 2 is 1.80 bits per heavy atom. The second-order valence-corrected chi connectivity index (χ2v) is 6.39. The number of hydrogen-bond donors (Lipinski definition) is 2. The minimum Gasteiger partial charge on any atom is -0.325 e. The molecule has 4 nitrogen and oxygen atoms in total. The Kier molecular flexibility index (Phi) is 6.38. The van der Waals surface area contributed by atoms with E-state index in [2.05, 4.69) is 10.6 Å². The van der Waals surface area contributed by atoms with Gasteiger partial charge in [-0.25, -0.2) is 4.39 Å². The summed E-state index contributed by atoms with van der Waals surface area (Å²) in [5, 5.41) is 14.9. The van der Waals surface area contributed by atoms with Crippen LogP contribution in [0.3, 0.4) is 0 Å². The molecule has 0 bridgehead atoms. The SMILES string of the molecule is C[C@@H](N[C@H](C)c1cc(F)c(Cl)cc1Cl)C(=O)Nc1ccc(C#N)cc1. The molecule has 2 N–H and O–H groups in total. The molecule has 0 aromatic heterocycles. The van der Waals surface area contributed by atoms with Gasteiger partial charge in [0.25, 0.3) is 0 Å². The second kappa shape index (κ2) is 8.30. The summed E-state index contributed by atoms with van der Waals surface area (Å²) in [4.78, 5) is 12.3. The molecule has 0 saturated heterocycles. The molecule has 130 valence electrons. The normalized spacial score (nSPS) is 13.0. The Balaban J connectivity index is 2.02. The Morgan fingerprint density at radius 3 is 2.40 bits per heavy atom. The molecule has 2 atom stereocenters. The molecule has 1 amide bonds. The van der Waals surface area contributed by atoms with Gasteiger partial charge in [0.2, 0.25) is 5.91 Å². The van der Waals surface area contributed by atoms with E-state index in [9.17, 15) is 9.18 Å². The van der Waals surface area contributed by atoms with Crippen LogP contribution in [0.1, 0.15) is 31.0 Å². The van der Waals surface area contributed by atoms with Crippen LogP contribution < -0.4 is 10.6 Å². The van der Waals surface area contributed by atoms with Crippen molar-refractivity contribution in [3.63, 3.8) is 0 Å². The van der Waals surface area contributed by atoms with Gasteiger partial charge < -0.3 is 5.32 Å². The first-order chi connectivity index (χ1) is 11.8. The first-order valence-corrected chi connectivity index (χ1v) is 8.29. The Hall–Kier alpha value is -2.13. The molecule has 0 aliphatic carbocycles. The number of benzene rings is 2. The Labute approximate surface area is 155 Å². The fourth-order valence-corrected chi connectivity index (χ4v) is 2.84. The fourth-order valence-electron chi connectivity index (χ4n) is 2.29. The maximum atomic E-state index is 13.6. The summed E-state index contributed by atoms with van der Waals surface area (Å²) in [7, 11) is 0. The van der Waals surface area contributed by atoms with Crippen LogP contribution >= 0.6 is 23.2 Å². The third-order valence-electron chi connectivity index (χ3n) is 3.68. The summed E-state index contributed by atoms with van der Waals surface area (Å²) in [5.74, 6) is -0.827. The lowest BCUT2D eigenvalue weighted by Crippen LogP contribution is -2.39. The lowest BCUT2D eigenvalue weighted by molar-refractivity contribution is -0.117. The van der Waals surface area contributed by atoms with E-state index in [4.69, 9.17) is 28.5 Å². The van der Waals surface area contributed by atoms with Crippen molar-refractivity contribution in [2.75, 3.05) is 5.32 Å². The van der Waals surface area contributed by atoms with Gasteiger partial charge in [0, 0.05) is 16.8 Å². The average molecular weight is 380 g/mol.